The van der Waals surface area contributed by atoms with Gasteiger partial charge in [0.15, 0.2) is 28.6 Å². The molecule has 36 heteroatoms. The Balaban J connectivity index is 0.919. The van der Waals surface area contributed by atoms with Crippen LogP contribution in [0, 0.1) is 12.8 Å². The van der Waals surface area contributed by atoms with Crippen molar-refractivity contribution >= 4 is 63.1 Å². The molecule has 6 unspecified atom stereocenters. The van der Waals surface area contributed by atoms with Crippen LogP contribution in [0.5, 0.6) is 0 Å². The van der Waals surface area contributed by atoms with Crippen LogP contribution in [0.2, 0.25) is 0 Å². The molecule has 416 valence electrons. The second-order valence-electron chi connectivity index (χ2n) is 18.0. The van der Waals surface area contributed by atoms with Crippen LogP contribution in [-0.4, -0.2) is 195 Å². The maximum absolute atomic E-state index is 14.1. The van der Waals surface area contributed by atoms with Gasteiger partial charge in [0.25, 0.3) is 11.1 Å². The number of nitrogens with two attached hydrogens (primary N) is 2. The third-order valence-corrected chi connectivity index (χ3v) is 16.0. The molecule has 5 aromatic rings. The van der Waals surface area contributed by atoms with Gasteiger partial charge in [0.2, 0.25) is 5.95 Å². The van der Waals surface area contributed by atoms with Crippen LogP contribution < -0.4 is 22.6 Å². The number of allylic oxidation sites excluding steroid dienone is 1. The highest BCUT2D eigenvalue weighted by Gasteiger charge is 2.52. The first-order chi connectivity index (χ1) is 36.2. The molecule has 0 radical (unpaired) electrons. The number of ether oxygens (including phenoxy) is 4. The van der Waals surface area contributed by atoms with Gasteiger partial charge in [-0.3, -0.25) is 51.2 Å². The van der Waals surface area contributed by atoms with Gasteiger partial charge in [-0.1, -0.05) is 6.08 Å². The van der Waals surface area contributed by atoms with Crippen molar-refractivity contribution in [3.63, 3.8) is 0 Å². The fourth-order valence-corrected chi connectivity index (χ4v) is 12.6. The van der Waals surface area contributed by atoms with Crippen LogP contribution in [0.15, 0.2) is 34.6 Å². The number of nitrogens with zero attached hydrogens (tertiary/aromatic N) is 9. The third-order valence-electron chi connectivity index (χ3n) is 13.0. The topological polar surface area (TPSA) is 453 Å². The normalized spacial score (nSPS) is 28.2. The first kappa shape index (κ1) is 55.9. The van der Waals surface area contributed by atoms with Crippen molar-refractivity contribution in [3.8, 4) is 0 Å². The number of aliphatic hydroxyl groups excluding tert-OH is 2. The Kier molecular flexibility index (Phi) is 16.8. The van der Waals surface area contributed by atoms with Gasteiger partial charge in [-0.25, -0.2) is 38.6 Å². The second-order valence-corrected chi connectivity index (χ2v) is 22.2. The van der Waals surface area contributed by atoms with Crippen molar-refractivity contribution in [1.29, 1.82) is 0 Å². The van der Waals surface area contributed by atoms with Crippen LogP contribution >= 0.6 is 23.5 Å². The molecule has 4 aliphatic rings. The summed E-state index contributed by atoms with van der Waals surface area (Å²) in [5.74, 6) is -0.600. The number of H-pyrrole nitrogens is 2. The summed E-state index contributed by atoms with van der Waals surface area (Å²) < 4.78 is 101. The van der Waals surface area contributed by atoms with Crippen LogP contribution in [-0.2, 0) is 72.8 Å². The van der Waals surface area contributed by atoms with E-state index in [0.29, 0.717) is 23.5 Å². The number of hydrogen-bond acceptors (Lipinski definition) is 26. The number of phosphoric acid groups is 3. The summed E-state index contributed by atoms with van der Waals surface area (Å²) in [6.45, 7) is -1.28. The predicted octanol–water partition coefficient (Wildman–Crippen LogP) is -1.34. The summed E-state index contributed by atoms with van der Waals surface area (Å²) in [6.07, 6.45) is -5.48. The van der Waals surface area contributed by atoms with E-state index >= 15 is 0 Å². The largest absolute Gasteiger partial charge is 0.472 e. The van der Waals surface area contributed by atoms with Crippen molar-refractivity contribution in [1.82, 2.24) is 53.9 Å². The molecule has 0 bridgehead atoms. The lowest BCUT2D eigenvalue weighted by molar-refractivity contribution is -0.0583. The van der Waals surface area contributed by atoms with E-state index in [1.54, 1.807) is 6.92 Å². The number of anilines is 2. The molecule has 33 nitrogen and oxygen atoms in total. The minimum atomic E-state index is -5.20. The average Bonchev–Trinajstić information content (AvgIpc) is 4.24. The molecule has 76 heavy (non-hydrogen) atoms. The van der Waals surface area contributed by atoms with Crippen LogP contribution in [0.4, 0.5) is 11.8 Å². The zero-order valence-electron chi connectivity index (χ0n) is 40.7. The molecule has 3 fully saturated rings. The molecule has 3 aliphatic heterocycles. The summed E-state index contributed by atoms with van der Waals surface area (Å²) in [5.41, 5.74) is 12.9. The molecular weight excluding hydrogens is 1080 g/mol. The zero-order valence-corrected chi connectivity index (χ0v) is 43.4. The number of fused-ring (bicyclic) bond motifs is 3. The fourth-order valence-electron chi connectivity index (χ4n) is 9.59. The van der Waals surface area contributed by atoms with E-state index in [0.717, 1.165) is 5.57 Å². The molecule has 11 N–H and O–H groups in total. The number of methoxy groups -OCH3 is 2. The standard InChI is InChI=1S/C40H56N13O20P3/c1-19-47-35-28(37(56)48-19)45-17-52(35)12-24-30(64-2)32(73-74(58,59)66-8-4-7-54)26(69-24)15-68-75(60,61)71-23-11-51(9-20-5-6-22-27(20)43-16-44-34(22)41)10-21(23)14-67-76(62,63)72-31-25(13-55)70-39(33(31)65-3)53-18-46-29-36(53)49-40(42)50-38(29)57/h5,16-18,21,23-26,30-33,39,54-55H,4,6-15H2,1-3H3,(H,58,59)(H,60,61)(H,62,63)(H2,41,43,44)(H,47,48,56)(H3,42,49,50,57)/t21-,23?,24+,25-,26-,30-,31?,32?,33+,39-/m1/s1. The highest BCUT2D eigenvalue weighted by atomic mass is 31.2. The molecule has 8 heterocycles. The molecule has 5 aromatic heterocycles. The SMILES string of the molecule is CO[C@H]1C(OP(=O)(O)OCCCO)[C@@H](COP(=O)(O)OC2CN(CC3=CCc4c(N)ncnc43)C[C@@H]2COP(=O)(O)OC2[C@@H](CO)O[C@@H](n3cnc4c(=O)[nH]c(N)nc43)[C@H]2OC)O[C@H]1Cn1cnc2c(=O)[nH]c(C)nc21. The Morgan fingerprint density at radius 2 is 1.46 bits per heavy atom. The lowest BCUT2D eigenvalue weighted by Gasteiger charge is -2.27. The van der Waals surface area contributed by atoms with Gasteiger partial charge in [0, 0.05) is 51.9 Å². The van der Waals surface area contributed by atoms with Crippen molar-refractivity contribution in [3.05, 3.63) is 62.8 Å². The molecule has 1 aliphatic carbocycles. The van der Waals surface area contributed by atoms with Crippen molar-refractivity contribution < 1.29 is 84.7 Å². The van der Waals surface area contributed by atoms with E-state index in [2.05, 4.69) is 39.9 Å². The van der Waals surface area contributed by atoms with Crippen LogP contribution in [0.1, 0.15) is 29.7 Å². The number of aromatic amines is 2. The number of rotatable bonds is 24. The molecule has 3 saturated heterocycles. The van der Waals surface area contributed by atoms with Crippen LogP contribution in [0.25, 0.3) is 27.9 Å². The minimum Gasteiger partial charge on any atom is -0.396 e. The van der Waals surface area contributed by atoms with Crippen LogP contribution in [0.3, 0.4) is 0 Å². The molecule has 9 rings (SSSR count). The van der Waals surface area contributed by atoms with E-state index in [4.69, 9.17) is 57.6 Å². The number of aryl methyl sites for hydroxylation is 1. The predicted molar refractivity (Wildman–Crippen MR) is 258 cm³/mol. The van der Waals surface area contributed by atoms with Crippen molar-refractivity contribution in [2.24, 2.45) is 5.92 Å². The number of nitrogen functional groups attached to an aromatic ring is 2. The second kappa shape index (κ2) is 22.9. The Morgan fingerprint density at radius 3 is 2.20 bits per heavy atom. The smallest absolute Gasteiger partial charge is 0.396 e. The lowest BCUT2D eigenvalue weighted by Crippen LogP contribution is -2.39. The Hall–Kier alpha value is -4.83. The molecule has 0 spiro atoms. The molecular formula is C40H56N13O20P3. The van der Waals surface area contributed by atoms with E-state index in [1.165, 1.54) is 42.3 Å². The van der Waals surface area contributed by atoms with E-state index in [9.17, 15) is 48.2 Å². The highest BCUT2D eigenvalue weighted by Crippen LogP contribution is 2.53. The number of hydrogen-bond donors (Lipinski definition) is 9. The first-order valence-electron chi connectivity index (χ1n) is 23.4. The van der Waals surface area contributed by atoms with Gasteiger partial charge in [0.1, 0.15) is 60.7 Å². The third kappa shape index (κ3) is 12.1. The zero-order chi connectivity index (χ0) is 54.3. The van der Waals surface area contributed by atoms with Gasteiger partial charge in [-0.05, 0) is 25.3 Å². The van der Waals surface area contributed by atoms with E-state index < -0.39 is 115 Å². The maximum atomic E-state index is 14.1. The average molecular weight is 1130 g/mol. The number of aromatic nitrogens is 10. The van der Waals surface area contributed by atoms with E-state index in [-0.39, 0.29) is 79.9 Å². The molecule has 0 saturated carbocycles. The fraction of sp³-hybridized carbons (Fsp3) is 0.600. The van der Waals surface area contributed by atoms with Gasteiger partial charge < -0.3 is 64.9 Å². The quantitative estimate of drug-likeness (QED) is 0.0255. The van der Waals surface area contributed by atoms with E-state index in [1.807, 2.05) is 11.0 Å². The summed E-state index contributed by atoms with van der Waals surface area (Å²) in [5, 5.41) is 19.5. The number of aliphatic hydroxyl groups is 2. The number of imidazole rings is 2. The van der Waals surface area contributed by atoms with Crippen molar-refractivity contribution in [2.75, 3.05) is 78.4 Å². The lowest BCUT2D eigenvalue weighted by atomic mass is 10.1. The van der Waals surface area contributed by atoms with Gasteiger partial charge >= 0.3 is 23.5 Å². The molecule has 13 atom stereocenters. The molecule has 0 aromatic carbocycles. The number of nitrogens with one attached hydrogen (secondary N) is 2. The Bertz CT molecular complexity index is 3210. The van der Waals surface area contributed by atoms with Gasteiger partial charge in [-0.15, -0.1) is 0 Å². The minimum absolute atomic E-state index is 0.0116. The Morgan fingerprint density at radius 1 is 0.776 bits per heavy atom. The number of likely N-dealkylation sites (tertiary alicyclic amines) is 1. The summed E-state index contributed by atoms with van der Waals surface area (Å²) in [7, 11) is -12.8. The summed E-state index contributed by atoms with van der Waals surface area (Å²) in [4.78, 5) is 90.4. The maximum Gasteiger partial charge on any atom is 0.472 e. The summed E-state index contributed by atoms with van der Waals surface area (Å²) >= 11 is 0. The van der Waals surface area contributed by atoms with Gasteiger partial charge in [0.05, 0.1) is 57.4 Å². The van der Waals surface area contributed by atoms with Crippen molar-refractivity contribution in [2.45, 2.75) is 81.4 Å². The summed E-state index contributed by atoms with van der Waals surface area (Å²) in [6, 6.07) is 0. The monoisotopic (exact) mass is 1130 g/mol. The Labute approximate surface area is 429 Å². The highest BCUT2D eigenvalue weighted by molar-refractivity contribution is 7.48. The van der Waals surface area contributed by atoms with Gasteiger partial charge in [-0.2, -0.15) is 4.98 Å². The first-order valence-corrected chi connectivity index (χ1v) is 27.9. The number of phosphoric ester groups is 3. The molecule has 0 amide bonds.